The molecule has 5 nitrogen and oxygen atoms in total. The molecule has 0 fully saturated rings. The standard InChI is InChI=1S/C47H95NO4/c1-3-5-7-9-11-13-15-16-17-18-19-20-21-22-23-24-25-26-27-28-29-30-32-34-36-38-40-42-46(51)47(52)48-44(43-49)45(50)41-39-37-35-33-31-14-12-10-8-6-4-2/h44-46,49-51H,3-43H2,1-2H3,(H,48,52). The molecular weight excluding hydrogens is 643 g/mol. The molecule has 0 aliphatic rings. The molecule has 3 unspecified atom stereocenters. The average Bonchev–Trinajstić information content (AvgIpc) is 3.15. The number of hydrogen-bond acceptors (Lipinski definition) is 4. The minimum Gasteiger partial charge on any atom is -0.394 e. The zero-order chi connectivity index (χ0) is 38.0. The summed E-state index contributed by atoms with van der Waals surface area (Å²) < 4.78 is 0. The topological polar surface area (TPSA) is 89.8 Å². The van der Waals surface area contributed by atoms with E-state index in [4.69, 9.17) is 0 Å². The molecule has 0 aliphatic heterocycles. The fourth-order valence-electron chi connectivity index (χ4n) is 7.72. The predicted octanol–water partition coefficient (Wildman–Crippen LogP) is 13.8. The zero-order valence-electron chi connectivity index (χ0n) is 35.5. The molecule has 0 spiro atoms. The van der Waals surface area contributed by atoms with Gasteiger partial charge in [-0.25, -0.2) is 0 Å². The Kier molecular flexibility index (Phi) is 42.5. The van der Waals surface area contributed by atoms with Gasteiger partial charge in [0.25, 0.3) is 0 Å². The molecule has 5 heteroatoms. The van der Waals surface area contributed by atoms with Gasteiger partial charge in [0.1, 0.15) is 6.10 Å². The molecule has 0 aliphatic carbocycles. The van der Waals surface area contributed by atoms with Crippen molar-refractivity contribution in [2.45, 2.75) is 289 Å². The van der Waals surface area contributed by atoms with E-state index in [1.165, 1.54) is 212 Å². The molecule has 0 rings (SSSR count). The number of aliphatic hydroxyl groups excluding tert-OH is 3. The molecule has 1 amide bonds. The number of nitrogens with one attached hydrogen (secondary N) is 1. The summed E-state index contributed by atoms with van der Waals surface area (Å²) in [6.07, 6.45) is 49.9. The number of aliphatic hydroxyl groups is 3. The molecule has 0 saturated heterocycles. The Morgan fingerprint density at radius 1 is 0.385 bits per heavy atom. The largest absolute Gasteiger partial charge is 0.394 e. The lowest BCUT2D eigenvalue weighted by Gasteiger charge is -2.23. The van der Waals surface area contributed by atoms with Crippen molar-refractivity contribution in [2.75, 3.05) is 6.61 Å². The van der Waals surface area contributed by atoms with Crippen molar-refractivity contribution >= 4 is 5.91 Å². The second-order valence-electron chi connectivity index (χ2n) is 16.7. The van der Waals surface area contributed by atoms with Crippen LogP contribution in [0.5, 0.6) is 0 Å². The van der Waals surface area contributed by atoms with E-state index in [0.29, 0.717) is 12.8 Å². The molecule has 0 aromatic carbocycles. The van der Waals surface area contributed by atoms with Gasteiger partial charge in [-0.15, -0.1) is 0 Å². The van der Waals surface area contributed by atoms with E-state index in [-0.39, 0.29) is 6.61 Å². The van der Waals surface area contributed by atoms with Crippen molar-refractivity contribution in [1.29, 1.82) is 0 Å². The summed E-state index contributed by atoms with van der Waals surface area (Å²) in [6, 6.07) is -0.705. The highest BCUT2D eigenvalue weighted by Crippen LogP contribution is 2.17. The van der Waals surface area contributed by atoms with Crippen molar-refractivity contribution in [3.8, 4) is 0 Å². The second-order valence-corrected chi connectivity index (χ2v) is 16.7. The van der Waals surface area contributed by atoms with Crippen molar-refractivity contribution in [2.24, 2.45) is 0 Å². The molecule has 0 aromatic heterocycles. The Labute approximate surface area is 326 Å². The highest BCUT2D eigenvalue weighted by Gasteiger charge is 2.23. The smallest absolute Gasteiger partial charge is 0.249 e. The van der Waals surface area contributed by atoms with Gasteiger partial charge in [-0.05, 0) is 12.8 Å². The summed E-state index contributed by atoms with van der Waals surface area (Å²) in [4.78, 5) is 12.5. The Balaban J connectivity index is 3.47. The average molecular weight is 738 g/mol. The first kappa shape index (κ1) is 51.4. The van der Waals surface area contributed by atoms with Crippen LogP contribution in [0.2, 0.25) is 0 Å². The Bertz CT molecular complexity index is 688. The first-order valence-electron chi connectivity index (χ1n) is 23.8. The zero-order valence-corrected chi connectivity index (χ0v) is 35.5. The van der Waals surface area contributed by atoms with Crippen LogP contribution in [-0.4, -0.2) is 46.1 Å². The molecule has 52 heavy (non-hydrogen) atoms. The summed E-state index contributed by atoms with van der Waals surface area (Å²) in [7, 11) is 0. The van der Waals surface area contributed by atoms with Gasteiger partial charge in [-0.2, -0.15) is 0 Å². The van der Waals surface area contributed by atoms with Gasteiger partial charge >= 0.3 is 0 Å². The van der Waals surface area contributed by atoms with Crippen molar-refractivity contribution in [3.05, 3.63) is 0 Å². The third-order valence-corrected chi connectivity index (χ3v) is 11.5. The van der Waals surface area contributed by atoms with E-state index in [1.807, 2.05) is 0 Å². The molecule has 0 radical (unpaired) electrons. The third kappa shape index (κ3) is 37.7. The van der Waals surface area contributed by atoms with Gasteiger partial charge in [0.05, 0.1) is 18.8 Å². The predicted molar refractivity (Wildman–Crippen MR) is 227 cm³/mol. The van der Waals surface area contributed by atoms with Gasteiger partial charge in [-0.3, -0.25) is 4.79 Å². The number of hydrogen-bond donors (Lipinski definition) is 4. The lowest BCUT2D eigenvalue weighted by atomic mass is 10.0. The molecular formula is C47H95NO4. The van der Waals surface area contributed by atoms with Gasteiger partial charge in [0.2, 0.25) is 5.91 Å². The Hall–Kier alpha value is -0.650. The summed E-state index contributed by atoms with van der Waals surface area (Å²) >= 11 is 0. The lowest BCUT2D eigenvalue weighted by Crippen LogP contribution is -2.49. The van der Waals surface area contributed by atoms with Gasteiger partial charge in [0.15, 0.2) is 0 Å². The summed E-state index contributed by atoms with van der Waals surface area (Å²) in [5, 5.41) is 33.3. The van der Waals surface area contributed by atoms with Crippen LogP contribution in [0, 0.1) is 0 Å². The van der Waals surface area contributed by atoms with Crippen LogP contribution in [-0.2, 0) is 4.79 Å². The minimum absolute atomic E-state index is 0.308. The Morgan fingerprint density at radius 2 is 0.615 bits per heavy atom. The van der Waals surface area contributed by atoms with Crippen LogP contribution in [0.4, 0.5) is 0 Å². The van der Waals surface area contributed by atoms with Gasteiger partial charge < -0.3 is 20.6 Å². The van der Waals surface area contributed by atoms with Crippen LogP contribution in [0.1, 0.15) is 271 Å². The third-order valence-electron chi connectivity index (χ3n) is 11.5. The fraction of sp³-hybridized carbons (Fsp3) is 0.979. The van der Waals surface area contributed by atoms with Crippen molar-refractivity contribution in [3.63, 3.8) is 0 Å². The highest BCUT2D eigenvalue weighted by molar-refractivity contribution is 5.80. The van der Waals surface area contributed by atoms with Crippen LogP contribution in [0.3, 0.4) is 0 Å². The molecule has 312 valence electrons. The van der Waals surface area contributed by atoms with E-state index < -0.39 is 24.2 Å². The van der Waals surface area contributed by atoms with E-state index in [2.05, 4.69) is 19.2 Å². The fourth-order valence-corrected chi connectivity index (χ4v) is 7.72. The maximum atomic E-state index is 12.5. The second kappa shape index (κ2) is 43.1. The number of carbonyl (C=O) groups is 1. The molecule has 0 aromatic rings. The summed E-state index contributed by atoms with van der Waals surface area (Å²) in [5.41, 5.74) is 0. The Morgan fingerprint density at radius 3 is 0.865 bits per heavy atom. The number of unbranched alkanes of at least 4 members (excludes halogenated alkanes) is 36. The van der Waals surface area contributed by atoms with Crippen LogP contribution >= 0.6 is 0 Å². The SMILES string of the molecule is CCCCCCCCCCCCCCCCCCCCCCCCCCCCCC(O)C(=O)NC(CO)C(O)CCCCCCCCCCCCC. The van der Waals surface area contributed by atoms with Crippen molar-refractivity contribution < 1.29 is 20.1 Å². The van der Waals surface area contributed by atoms with E-state index in [1.54, 1.807) is 0 Å². The maximum absolute atomic E-state index is 12.5. The van der Waals surface area contributed by atoms with E-state index in [9.17, 15) is 20.1 Å². The van der Waals surface area contributed by atoms with Crippen molar-refractivity contribution in [1.82, 2.24) is 5.32 Å². The summed E-state index contributed by atoms with van der Waals surface area (Å²) in [5.74, 6) is -0.466. The monoisotopic (exact) mass is 738 g/mol. The normalized spacial score (nSPS) is 13.4. The number of amides is 1. The highest BCUT2D eigenvalue weighted by atomic mass is 16.3. The van der Waals surface area contributed by atoms with E-state index in [0.717, 1.165) is 32.1 Å². The first-order valence-corrected chi connectivity index (χ1v) is 23.8. The van der Waals surface area contributed by atoms with Crippen LogP contribution in [0.25, 0.3) is 0 Å². The minimum atomic E-state index is -1.07. The molecule has 3 atom stereocenters. The molecule has 4 N–H and O–H groups in total. The number of carbonyl (C=O) groups excluding carboxylic acids is 1. The van der Waals surface area contributed by atoms with Gasteiger partial charge in [0, 0.05) is 0 Å². The maximum Gasteiger partial charge on any atom is 0.249 e. The first-order chi connectivity index (χ1) is 25.6. The quantitative estimate of drug-likeness (QED) is 0.0469. The van der Waals surface area contributed by atoms with Crippen LogP contribution in [0.15, 0.2) is 0 Å². The lowest BCUT2D eigenvalue weighted by molar-refractivity contribution is -0.131. The van der Waals surface area contributed by atoms with Gasteiger partial charge in [-0.1, -0.05) is 258 Å². The van der Waals surface area contributed by atoms with Crippen LogP contribution < -0.4 is 5.32 Å². The molecule has 0 bridgehead atoms. The molecule has 0 heterocycles. The van der Waals surface area contributed by atoms with E-state index >= 15 is 0 Å². The number of rotatable bonds is 44. The summed E-state index contributed by atoms with van der Waals surface area (Å²) in [6.45, 7) is 4.24. The molecule has 0 saturated carbocycles.